The van der Waals surface area contributed by atoms with Crippen LogP contribution < -0.4 is 4.74 Å². The Morgan fingerprint density at radius 1 is 1.24 bits per heavy atom. The van der Waals surface area contributed by atoms with Gasteiger partial charge in [-0.05, 0) is 49.4 Å². The van der Waals surface area contributed by atoms with E-state index in [4.69, 9.17) is 4.74 Å². The van der Waals surface area contributed by atoms with Crippen molar-refractivity contribution in [2.24, 2.45) is 0 Å². The van der Waals surface area contributed by atoms with E-state index in [9.17, 15) is 9.90 Å². The third-order valence-electron chi connectivity index (χ3n) is 6.23. The second-order valence-corrected chi connectivity index (χ2v) is 8.56. The van der Waals surface area contributed by atoms with E-state index in [0.29, 0.717) is 31.0 Å². The quantitative estimate of drug-likeness (QED) is 0.388. The number of H-pyrrole nitrogens is 1. The van der Waals surface area contributed by atoms with Gasteiger partial charge in [0.05, 0.1) is 11.2 Å². The first-order valence-corrected chi connectivity index (χ1v) is 11.2. The number of aliphatic hydroxyl groups excluding tert-OH is 1. The molecule has 0 amide bonds. The van der Waals surface area contributed by atoms with Crippen molar-refractivity contribution < 1.29 is 14.6 Å². The summed E-state index contributed by atoms with van der Waals surface area (Å²) in [5.74, 6) is 1.18. The second kappa shape index (κ2) is 9.68. The summed E-state index contributed by atoms with van der Waals surface area (Å²) in [6.45, 7) is 2.13. The number of fused-ring (bicyclic) bond motifs is 1. The van der Waals surface area contributed by atoms with E-state index in [0.717, 1.165) is 40.7 Å². The molecule has 4 heterocycles. The molecule has 34 heavy (non-hydrogen) atoms. The monoisotopic (exact) mass is 458 g/mol. The number of aldehydes is 1. The molecule has 1 saturated heterocycles. The summed E-state index contributed by atoms with van der Waals surface area (Å²) >= 11 is 0. The Morgan fingerprint density at radius 2 is 2.15 bits per heavy atom. The summed E-state index contributed by atoms with van der Waals surface area (Å²) in [4.78, 5) is 23.9. The van der Waals surface area contributed by atoms with Crippen molar-refractivity contribution in [3.8, 4) is 22.9 Å². The molecule has 1 aliphatic heterocycles. The topological polar surface area (TPSA) is 107 Å². The molecule has 0 radical (unpaired) electrons. The fourth-order valence-corrected chi connectivity index (χ4v) is 4.31. The minimum atomic E-state index is -1.01. The highest BCUT2D eigenvalue weighted by Crippen LogP contribution is 2.26. The van der Waals surface area contributed by atoms with Crippen LogP contribution >= 0.6 is 0 Å². The first-order valence-electron chi connectivity index (χ1n) is 11.2. The van der Waals surface area contributed by atoms with Crippen molar-refractivity contribution in [2.45, 2.75) is 25.2 Å². The number of nitrogens with zero attached hydrogens (tertiary/aromatic N) is 5. The summed E-state index contributed by atoms with van der Waals surface area (Å²) in [6.07, 6.45) is 5.82. The van der Waals surface area contributed by atoms with Crippen LogP contribution in [-0.2, 0) is 11.3 Å². The minimum absolute atomic E-state index is 0.285. The average Bonchev–Trinajstić information content (AvgIpc) is 3.57. The van der Waals surface area contributed by atoms with Crippen LogP contribution in [0.4, 0.5) is 0 Å². The number of ether oxygens (including phenoxy) is 1. The van der Waals surface area contributed by atoms with Gasteiger partial charge in [-0.15, -0.1) is 0 Å². The van der Waals surface area contributed by atoms with Crippen LogP contribution in [0.3, 0.4) is 0 Å². The number of pyridine rings is 2. The fourth-order valence-electron chi connectivity index (χ4n) is 4.31. The van der Waals surface area contributed by atoms with Crippen molar-refractivity contribution in [2.75, 3.05) is 20.1 Å². The van der Waals surface area contributed by atoms with Crippen LogP contribution in [-0.4, -0.2) is 73.8 Å². The zero-order valence-corrected chi connectivity index (χ0v) is 18.8. The smallest absolute Gasteiger partial charge is 0.219 e. The molecule has 0 spiro atoms. The molecule has 1 unspecified atom stereocenters. The largest absolute Gasteiger partial charge is 0.439 e. The van der Waals surface area contributed by atoms with E-state index in [1.165, 1.54) is 0 Å². The predicted molar refractivity (Wildman–Crippen MR) is 127 cm³/mol. The summed E-state index contributed by atoms with van der Waals surface area (Å²) in [5.41, 5.74) is 3.79. The van der Waals surface area contributed by atoms with E-state index in [1.54, 1.807) is 17.3 Å². The number of aromatic amines is 1. The number of likely N-dealkylation sites (tertiary alicyclic amines) is 1. The van der Waals surface area contributed by atoms with Crippen LogP contribution in [0, 0.1) is 0 Å². The maximum absolute atomic E-state index is 10.8. The highest BCUT2D eigenvalue weighted by Gasteiger charge is 2.29. The molecule has 9 heteroatoms. The highest BCUT2D eigenvalue weighted by atomic mass is 16.5. The van der Waals surface area contributed by atoms with Crippen molar-refractivity contribution in [3.05, 3.63) is 66.6 Å². The van der Waals surface area contributed by atoms with E-state index in [2.05, 4.69) is 38.2 Å². The van der Waals surface area contributed by atoms with Gasteiger partial charge in [0, 0.05) is 67.3 Å². The summed E-state index contributed by atoms with van der Waals surface area (Å²) < 4.78 is 5.92. The third-order valence-corrected chi connectivity index (χ3v) is 6.23. The van der Waals surface area contributed by atoms with Gasteiger partial charge in [-0.1, -0.05) is 0 Å². The molecule has 2 N–H and O–H groups in total. The predicted octanol–water partition coefficient (Wildman–Crippen LogP) is 2.84. The standard InChI is InChI=1S/C25H26N6O3/c1-30(20-7-9-31(15-20)25(33)16-32)14-17-10-18-2-4-21(11-23(18)26-12-17)34-24-5-3-19(13-27-24)22-6-8-28-29-22/h2-6,8,10-13,16,20,25,33H,7,9,14-15H2,1H3,(H,28,29)/t20-,25?/m1/s1. The Bertz CT molecular complexity index is 1260. The van der Waals surface area contributed by atoms with Crippen LogP contribution in [0.2, 0.25) is 0 Å². The van der Waals surface area contributed by atoms with Gasteiger partial charge in [0.2, 0.25) is 5.88 Å². The maximum Gasteiger partial charge on any atom is 0.219 e. The molecule has 1 aromatic carbocycles. The lowest BCUT2D eigenvalue weighted by Gasteiger charge is -2.25. The first kappa shape index (κ1) is 22.1. The SMILES string of the molecule is CN(Cc1cnc2cc(Oc3ccc(-c4ccn[nH]4)cn3)ccc2c1)[C@@H]1CCN(C(O)C=O)C1. The summed E-state index contributed by atoms with van der Waals surface area (Å²) in [6, 6.07) is 13.9. The molecule has 1 aliphatic rings. The number of rotatable bonds is 8. The zero-order chi connectivity index (χ0) is 23.5. The van der Waals surface area contributed by atoms with Gasteiger partial charge in [0.25, 0.3) is 0 Å². The summed E-state index contributed by atoms with van der Waals surface area (Å²) in [7, 11) is 2.06. The zero-order valence-electron chi connectivity index (χ0n) is 18.8. The van der Waals surface area contributed by atoms with Crippen molar-refractivity contribution in [1.29, 1.82) is 0 Å². The molecule has 2 atom stereocenters. The molecule has 0 bridgehead atoms. The molecule has 0 saturated carbocycles. The molecule has 5 rings (SSSR count). The number of aromatic nitrogens is 4. The Balaban J connectivity index is 1.23. The maximum atomic E-state index is 10.8. The molecule has 9 nitrogen and oxygen atoms in total. The van der Waals surface area contributed by atoms with Gasteiger partial charge in [-0.2, -0.15) is 5.10 Å². The average molecular weight is 459 g/mol. The second-order valence-electron chi connectivity index (χ2n) is 8.56. The van der Waals surface area contributed by atoms with Crippen molar-refractivity contribution >= 4 is 17.2 Å². The number of nitrogens with one attached hydrogen (secondary N) is 1. The molecule has 0 aliphatic carbocycles. The van der Waals surface area contributed by atoms with E-state index >= 15 is 0 Å². The van der Waals surface area contributed by atoms with Gasteiger partial charge in [0.1, 0.15) is 5.75 Å². The van der Waals surface area contributed by atoms with E-state index in [1.807, 2.05) is 42.6 Å². The Hall–Kier alpha value is -3.66. The van der Waals surface area contributed by atoms with Crippen LogP contribution in [0.1, 0.15) is 12.0 Å². The molecular weight excluding hydrogens is 432 g/mol. The molecule has 3 aromatic heterocycles. The Kier molecular flexibility index (Phi) is 6.31. The number of hydrogen-bond donors (Lipinski definition) is 2. The lowest BCUT2D eigenvalue weighted by molar-refractivity contribution is -0.123. The van der Waals surface area contributed by atoms with Gasteiger partial charge < -0.3 is 9.84 Å². The molecule has 4 aromatic rings. The highest BCUT2D eigenvalue weighted by molar-refractivity contribution is 5.80. The van der Waals surface area contributed by atoms with Gasteiger partial charge >= 0.3 is 0 Å². The van der Waals surface area contributed by atoms with Crippen LogP contribution in [0.15, 0.2) is 61.1 Å². The Labute approximate surface area is 197 Å². The molecule has 1 fully saturated rings. The summed E-state index contributed by atoms with van der Waals surface area (Å²) in [5, 5.41) is 17.6. The normalized spacial score (nSPS) is 17.3. The van der Waals surface area contributed by atoms with Crippen LogP contribution in [0.25, 0.3) is 22.2 Å². The van der Waals surface area contributed by atoms with Gasteiger partial charge in [0.15, 0.2) is 12.5 Å². The minimum Gasteiger partial charge on any atom is -0.439 e. The lowest BCUT2D eigenvalue weighted by atomic mass is 10.1. The van der Waals surface area contributed by atoms with Gasteiger partial charge in [-0.3, -0.25) is 24.7 Å². The van der Waals surface area contributed by atoms with E-state index in [-0.39, 0.29) is 6.04 Å². The number of carbonyl (C=O) groups is 1. The number of benzene rings is 1. The van der Waals surface area contributed by atoms with Gasteiger partial charge in [-0.25, -0.2) is 4.98 Å². The third kappa shape index (κ3) is 4.81. The number of aliphatic hydroxyl groups is 1. The van der Waals surface area contributed by atoms with Crippen molar-refractivity contribution in [3.63, 3.8) is 0 Å². The van der Waals surface area contributed by atoms with E-state index < -0.39 is 6.23 Å². The molecular formula is C25H26N6O3. The lowest BCUT2D eigenvalue weighted by Crippen LogP contribution is -2.38. The van der Waals surface area contributed by atoms with Crippen LogP contribution in [0.5, 0.6) is 11.6 Å². The number of hydrogen-bond acceptors (Lipinski definition) is 8. The Morgan fingerprint density at radius 3 is 2.91 bits per heavy atom. The first-order chi connectivity index (χ1) is 16.6. The number of likely N-dealkylation sites (N-methyl/N-ethyl adjacent to an activating group) is 1. The number of carbonyl (C=O) groups excluding carboxylic acids is 1. The molecule has 174 valence electrons. The fraction of sp³-hybridized carbons (Fsp3) is 0.280. The van der Waals surface area contributed by atoms with Crippen molar-refractivity contribution in [1.82, 2.24) is 30.0 Å².